The summed E-state index contributed by atoms with van der Waals surface area (Å²) in [5, 5.41) is 0. The number of aromatic nitrogens is 2. The molecule has 0 radical (unpaired) electrons. The van der Waals surface area contributed by atoms with E-state index >= 15 is 0 Å². The number of fused-ring (bicyclic) bond motifs is 1. The van der Waals surface area contributed by atoms with Gasteiger partial charge < -0.3 is 14.6 Å². The number of H-pyrrole nitrogens is 1. The van der Waals surface area contributed by atoms with Crippen molar-refractivity contribution in [3.05, 3.63) is 27.4 Å². The Morgan fingerprint density at radius 1 is 1.33 bits per heavy atom. The van der Waals surface area contributed by atoms with E-state index in [0.29, 0.717) is 13.0 Å². The molecule has 0 saturated carbocycles. The Morgan fingerprint density at radius 2 is 2.11 bits per heavy atom. The van der Waals surface area contributed by atoms with Crippen LogP contribution in [0.4, 0.5) is 4.79 Å². The van der Waals surface area contributed by atoms with Crippen molar-refractivity contribution in [2.75, 3.05) is 19.6 Å². The summed E-state index contributed by atoms with van der Waals surface area (Å²) < 4.78 is 5.57. The van der Waals surface area contributed by atoms with Crippen LogP contribution < -0.4 is 5.56 Å². The van der Waals surface area contributed by atoms with Gasteiger partial charge in [-0.1, -0.05) is 6.92 Å². The molecule has 0 spiro atoms. The second-order valence-corrected chi connectivity index (χ2v) is 8.64. The fraction of sp³-hybridized carbons (Fsp3) is 0.750. The highest BCUT2D eigenvalue weighted by Gasteiger charge is 2.34. The predicted molar refractivity (Wildman–Crippen MR) is 104 cm³/mol. The number of aromatic amines is 1. The Balaban J connectivity index is 1.67. The smallest absolute Gasteiger partial charge is 0.410 e. The maximum Gasteiger partial charge on any atom is 0.410 e. The van der Waals surface area contributed by atoms with Crippen LogP contribution in [-0.4, -0.2) is 57.1 Å². The second-order valence-electron chi connectivity index (χ2n) is 8.64. The molecule has 7 nitrogen and oxygen atoms in total. The summed E-state index contributed by atoms with van der Waals surface area (Å²) in [4.78, 5) is 36.6. The van der Waals surface area contributed by atoms with Gasteiger partial charge in [0.1, 0.15) is 11.4 Å². The van der Waals surface area contributed by atoms with Crippen molar-refractivity contribution in [3.8, 4) is 0 Å². The van der Waals surface area contributed by atoms with Gasteiger partial charge >= 0.3 is 6.09 Å². The van der Waals surface area contributed by atoms with Crippen LogP contribution in [0.1, 0.15) is 64.0 Å². The lowest BCUT2D eigenvalue weighted by Gasteiger charge is -2.34. The third kappa shape index (κ3) is 4.89. The second kappa shape index (κ2) is 8.00. The molecule has 0 aromatic carbocycles. The number of ether oxygens (including phenoxy) is 1. The molecule has 1 atom stereocenters. The minimum atomic E-state index is -0.477. The topological polar surface area (TPSA) is 78.5 Å². The summed E-state index contributed by atoms with van der Waals surface area (Å²) in [5.41, 5.74) is 1.26. The van der Waals surface area contributed by atoms with Gasteiger partial charge in [-0.3, -0.25) is 9.69 Å². The largest absolute Gasteiger partial charge is 0.444 e. The van der Waals surface area contributed by atoms with Crippen LogP contribution in [0.2, 0.25) is 0 Å². The molecule has 1 aromatic heterocycles. The quantitative estimate of drug-likeness (QED) is 0.873. The molecular formula is C20H32N4O3. The molecule has 1 N–H and O–H groups in total. The number of hydrogen-bond donors (Lipinski definition) is 1. The molecule has 0 bridgehead atoms. The molecule has 1 fully saturated rings. The molecule has 2 aliphatic rings. The van der Waals surface area contributed by atoms with Crippen molar-refractivity contribution in [1.29, 1.82) is 0 Å². The molecule has 150 valence electrons. The van der Waals surface area contributed by atoms with Gasteiger partial charge in [-0.25, -0.2) is 9.78 Å². The van der Waals surface area contributed by atoms with Crippen LogP contribution in [0.5, 0.6) is 0 Å². The summed E-state index contributed by atoms with van der Waals surface area (Å²) in [6.45, 7) is 10.8. The van der Waals surface area contributed by atoms with E-state index in [1.165, 1.54) is 0 Å². The number of likely N-dealkylation sites (tertiary alicyclic amines) is 1. The van der Waals surface area contributed by atoms with E-state index < -0.39 is 5.60 Å². The van der Waals surface area contributed by atoms with Crippen LogP contribution >= 0.6 is 0 Å². The summed E-state index contributed by atoms with van der Waals surface area (Å²) in [5.74, 6) is 0.777. The first-order valence-electron chi connectivity index (χ1n) is 10.1. The SMILES string of the molecule is CCCc1nc2c(c(=O)[nH]1)CCN(CC1CCCN1C(=O)OC(C)(C)C)C2. The average Bonchev–Trinajstić information content (AvgIpc) is 3.01. The highest BCUT2D eigenvalue weighted by Crippen LogP contribution is 2.23. The Labute approximate surface area is 161 Å². The maximum absolute atomic E-state index is 12.5. The van der Waals surface area contributed by atoms with E-state index in [9.17, 15) is 9.59 Å². The van der Waals surface area contributed by atoms with Crippen molar-refractivity contribution < 1.29 is 9.53 Å². The molecule has 3 heterocycles. The first-order chi connectivity index (χ1) is 12.8. The fourth-order valence-corrected chi connectivity index (χ4v) is 3.94. The Kier molecular flexibility index (Phi) is 5.89. The third-order valence-corrected chi connectivity index (χ3v) is 5.16. The van der Waals surface area contributed by atoms with Gasteiger partial charge in [0.15, 0.2) is 0 Å². The van der Waals surface area contributed by atoms with E-state index in [4.69, 9.17) is 4.74 Å². The molecule has 1 saturated heterocycles. The van der Waals surface area contributed by atoms with E-state index in [1.807, 2.05) is 25.7 Å². The Morgan fingerprint density at radius 3 is 2.81 bits per heavy atom. The van der Waals surface area contributed by atoms with Gasteiger partial charge in [0.05, 0.1) is 5.69 Å². The van der Waals surface area contributed by atoms with Crippen LogP contribution in [0.3, 0.4) is 0 Å². The first-order valence-corrected chi connectivity index (χ1v) is 10.1. The zero-order valence-corrected chi connectivity index (χ0v) is 17.0. The normalized spacial score (nSPS) is 20.6. The molecule has 1 aromatic rings. The highest BCUT2D eigenvalue weighted by molar-refractivity contribution is 5.69. The van der Waals surface area contributed by atoms with Gasteiger partial charge in [0, 0.05) is 44.2 Å². The fourth-order valence-electron chi connectivity index (χ4n) is 3.94. The van der Waals surface area contributed by atoms with Crippen LogP contribution in [0.15, 0.2) is 4.79 Å². The molecular weight excluding hydrogens is 344 g/mol. The van der Waals surface area contributed by atoms with E-state index in [-0.39, 0.29) is 17.7 Å². The first kappa shape index (κ1) is 19.9. The van der Waals surface area contributed by atoms with Crippen molar-refractivity contribution >= 4 is 6.09 Å². The van der Waals surface area contributed by atoms with Gasteiger partial charge in [-0.15, -0.1) is 0 Å². The maximum atomic E-state index is 12.5. The molecule has 7 heteroatoms. The summed E-state index contributed by atoms with van der Waals surface area (Å²) in [7, 11) is 0. The number of amides is 1. The van der Waals surface area contributed by atoms with E-state index in [1.54, 1.807) is 0 Å². The van der Waals surface area contributed by atoms with Crippen molar-refractivity contribution in [2.24, 2.45) is 0 Å². The predicted octanol–water partition coefficient (Wildman–Crippen LogP) is 2.48. The van der Waals surface area contributed by atoms with E-state index in [2.05, 4.69) is 21.8 Å². The van der Waals surface area contributed by atoms with E-state index in [0.717, 1.165) is 62.4 Å². The number of rotatable bonds is 4. The summed E-state index contributed by atoms with van der Waals surface area (Å²) in [6, 6.07) is 0.165. The van der Waals surface area contributed by atoms with Gasteiger partial charge in [-0.2, -0.15) is 0 Å². The number of nitrogens with zero attached hydrogens (tertiary/aromatic N) is 3. The number of hydrogen-bond acceptors (Lipinski definition) is 5. The lowest BCUT2D eigenvalue weighted by molar-refractivity contribution is 0.0191. The number of carbonyl (C=O) groups excluding carboxylic acids is 1. The number of aryl methyl sites for hydroxylation is 1. The standard InChI is InChI=1S/C20H32N4O3/c1-5-7-17-21-16-13-23(11-9-15(16)18(25)22-17)12-14-8-6-10-24(14)19(26)27-20(2,3)4/h14H,5-13H2,1-4H3,(H,21,22,25). The highest BCUT2D eigenvalue weighted by atomic mass is 16.6. The lowest BCUT2D eigenvalue weighted by Crippen LogP contribution is -2.47. The van der Waals surface area contributed by atoms with Crippen molar-refractivity contribution in [1.82, 2.24) is 19.8 Å². The zero-order valence-electron chi connectivity index (χ0n) is 17.0. The molecule has 1 unspecified atom stereocenters. The molecule has 27 heavy (non-hydrogen) atoms. The van der Waals surface area contributed by atoms with Crippen LogP contribution in [0.25, 0.3) is 0 Å². The minimum Gasteiger partial charge on any atom is -0.444 e. The summed E-state index contributed by atoms with van der Waals surface area (Å²) in [6.07, 6.45) is 4.24. The molecule has 2 aliphatic heterocycles. The summed E-state index contributed by atoms with van der Waals surface area (Å²) >= 11 is 0. The number of carbonyl (C=O) groups is 1. The number of nitrogens with one attached hydrogen (secondary N) is 1. The molecule has 3 rings (SSSR count). The van der Waals surface area contributed by atoms with Gasteiger partial charge in [0.25, 0.3) is 5.56 Å². The Bertz CT molecular complexity index is 738. The van der Waals surface area contributed by atoms with Crippen LogP contribution in [-0.2, 0) is 24.1 Å². The van der Waals surface area contributed by atoms with Gasteiger partial charge in [0.2, 0.25) is 0 Å². The van der Waals surface area contributed by atoms with Crippen LogP contribution in [0, 0.1) is 0 Å². The molecule has 1 amide bonds. The van der Waals surface area contributed by atoms with Gasteiger partial charge in [-0.05, 0) is 46.5 Å². The zero-order chi connectivity index (χ0) is 19.6. The van der Waals surface area contributed by atoms with Crippen molar-refractivity contribution in [3.63, 3.8) is 0 Å². The molecule has 0 aliphatic carbocycles. The lowest BCUT2D eigenvalue weighted by atomic mass is 10.0. The Hall–Kier alpha value is -1.89. The van der Waals surface area contributed by atoms with Crippen molar-refractivity contribution in [2.45, 2.75) is 78.0 Å². The third-order valence-electron chi connectivity index (χ3n) is 5.16. The monoisotopic (exact) mass is 376 g/mol. The average molecular weight is 377 g/mol. The minimum absolute atomic E-state index is 0.0133.